The molecule has 0 aliphatic heterocycles. The maximum atomic E-state index is 3.34. The number of fused-ring (bicyclic) bond motifs is 12. The number of benzene rings is 9. The second-order valence-corrected chi connectivity index (χ2v) is 17.2. The summed E-state index contributed by atoms with van der Waals surface area (Å²) in [6, 6.07) is 70.8. The number of nitrogens with zero attached hydrogens (tertiary/aromatic N) is 3. The van der Waals surface area contributed by atoms with E-state index in [1.54, 1.807) is 0 Å². The molecule has 0 aliphatic rings. The molecule has 0 amide bonds. The van der Waals surface area contributed by atoms with E-state index in [0.717, 1.165) is 5.69 Å². The van der Waals surface area contributed by atoms with E-state index < -0.39 is 0 Å². The fraction of sp³-hybridized carbons (Fsp3) is 0.100. The van der Waals surface area contributed by atoms with Gasteiger partial charge in [-0.25, -0.2) is 0 Å². The van der Waals surface area contributed by atoms with Crippen LogP contribution in [0.3, 0.4) is 0 Å². The van der Waals surface area contributed by atoms with Crippen LogP contribution in [0.4, 0.5) is 17.1 Å². The minimum Gasteiger partial charge on any atom is -0.363 e. The van der Waals surface area contributed by atoms with Gasteiger partial charge in [-0.3, -0.25) is 0 Å². The number of rotatable bonds is 3. The fourth-order valence-electron chi connectivity index (χ4n) is 10.0. The number of aryl methyl sites for hydroxylation is 6. The Labute approximate surface area is 396 Å². The number of hydrogen-bond donors (Lipinski definition) is 0. The first-order valence-corrected chi connectivity index (χ1v) is 21.8. The summed E-state index contributed by atoms with van der Waals surface area (Å²) < 4.78 is 4.98. The maximum absolute atomic E-state index is 3.34. The van der Waals surface area contributed by atoms with Gasteiger partial charge >= 0.3 is 29.6 Å². The van der Waals surface area contributed by atoms with E-state index in [1.165, 1.54) is 121 Å². The number of aromatic nitrogens is 2. The normalized spacial score (nSPS) is 11.5. The third-order valence-electron chi connectivity index (χ3n) is 12.6. The smallest absolute Gasteiger partial charge is 0.363 e. The van der Waals surface area contributed by atoms with E-state index in [1.807, 2.05) is 49.4 Å². The Morgan fingerprint density at radius 2 is 0.953 bits per heavy atom. The zero-order valence-electron chi connectivity index (χ0n) is 37.5. The molecule has 0 spiro atoms. The van der Waals surface area contributed by atoms with E-state index in [0.29, 0.717) is 0 Å². The molecule has 0 saturated carbocycles. The second kappa shape index (κ2) is 16.5. The Balaban J connectivity index is 0.000000258. The molecule has 9 aromatic carbocycles. The molecule has 0 bridgehead atoms. The molecule has 4 heteroatoms. The summed E-state index contributed by atoms with van der Waals surface area (Å²) in [5.41, 5.74) is 18.6. The van der Waals surface area contributed by atoms with Gasteiger partial charge in [0.2, 0.25) is 0 Å². The summed E-state index contributed by atoms with van der Waals surface area (Å²) in [6.07, 6.45) is 0. The SMILES string of the molecule is Cc1[c-]cccc1.Cc1c[c-]cc(C)c1.Cc1cc(C)cc(N(c2ccc3c4cccc5c6cc7c(cc6n(c3c2)c45)c2cccc3c4cc[c-]cc4n7c32)c2ccccc2C)c1.[Na+]. The molecule has 0 N–H and O–H groups in total. The van der Waals surface area contributed by atoms with Gasteiger partial charge in [-0.2, -0.15) is 95.6 Å². The Morgan fingerprint density at radius 3 is 1.52 bits per heavy atom. The van der Waals surface area contributed by atoms with Crippen LogP contribution in [-0.4, -0.2) is 8.80 Å². The first-order chi connectivity index (χ1) is 30.7. The summed E-state index contributed by atoms with van der Waals surface area (Å²) in [7, 11) is 0. The van der Waals surface area contributed by atoms with Crippen molar-refractivity contribution in [3.8, 4) is 0 Å². The van der Waals surface area contributed by atoms with Crippen molar-refractivity contribution in [2.75, 3.05) is 4.90 Å². The molecule has 64 heavy (non-hydrogen) atoms. The molecule has 0 radical (unpaired) electrons. The van der Waals surface area contributed by atoms with Crippen molar-refractivity contribution in [3.05, 3.63) is 221 Å². The quantitative estimate of drug-likeness (QED) is 0.128. The Hall–Kier alpha value is -6.62. The molecule has 3 nitrogen and oxygen atoms in total. The van der Waals surface area contributed by atoms with Gasteiger partial charge in [0.15, 0.2) is 0 Å². The van der Waals surface area contributed by atoms with Gasteiger partial charge in [-0.05, 0) is 85.3 Å². The van der Waals surface area contributed by atoms with Crippen LogP contribution in [0.25, 0.3) is 76.2 Å². The van der Waals surface area contributed by atoms with E-state index in [-0.39, 0.29) is 29.6 Å². The van der Waals surface area contributed by atoms with Crippen molar-refractivity contribution in [2.45, 2.75) is 41.5 Å². The zero-order chi connectivity index (χ0) is 42.9. The standard InChI is InChI=1S/C45H30N3.C8H9.C7H7.Na/c1-26-20-27(2)22-30(21-26)46(39-16-6-4-10-28(39)3)29-18-19-32-34-13-9-15-36-38-24-42-37(25-43(38)48(45(34)36)41(32)23-29)35-14-8-12-33-31-11-5-7-17-40(31)47(42)44(33)35;1-7-4-3-5-8(2)6-7;1-7-5-3-2-4-6-7;/h4-6,8-25H,1-3H3;4-6H,1-2H3;2-5H,1H3;/q3*-1;+1. The summed E-state index contributed by atoms with van der Waals surface area (Å²) in [6.45, 7) is 12.7. The number of para-hydroxylation sites is 3. The average molecular weight is 832 g/mol. The molecular formula is C60H46N3Na-2. The Kier molecular flexibility index (Phi) is 10.7. The molecule has 4 heterocycles. The molecule has 304 valence electrons. The van der Waals surface area contributed by atoms with Gasteiger partial charge in [-0.1, -0.05) is 93.0 Å². The molecule has 0 saturated heterocycles. The third kappa shape index (κ3) is 6.87. The molecule has 13 aromatic rings. The third-order valence-corrected chi connectivity index (χ3v) is 12.6. The van der Waals surface area contributed by atoms with Crippen LogP contribution in [-0.2, 0) is 0 Å². The van der Waals surface area contributed by atoms with Gasteiger partial charge in [0, 0.05) is 60.4 Å². The van der Waals surface area contributed by atoms with E-state index in [2.05, 4.69) is 194 Å². The van der Waals surface area contributed by atoms with Crippen molar-refractivity contribution < 1.29 is 29.6 Å². The van der Waals surface area contributed by atoms with Gasteiger partial charge in [-0.15, -0.1) is 5.39 Å². The van der Waals surface area contributed by atoms with Crippen LogP contribution < -0.4 is 34.5 Å². The van der Waals surface area contributed by atoms with Gasteiger partial charge < -0.3 is 13.7 Å². The van der Waals surface area contributed by atoms with Crippen LogP contribution in [0.5, 0.6) is 0 Å². The molecule has 0 fully saturated rings. The van der Waals surface area contributed by atoms with Crippen LogP contribution in [0.15, 0.2) is 170 Å². The van der Waals surface area contributed by atoms with Crippen molar-refractivity contribution in [2.24, 2.45) is 0 Å². The summed E-state index contributed by atoms with van der Waals surface area (Å²) in [5.74, 6) is 0. The average Bonchev–Trinajstić information content (AvgIpc) is 4.00. The topological polar surface area (TPSA) is 12.1 Å². The molecule has 0 unspecified atom stereocenters. The van der Waals surface area contributed by atoms with Gasteiger partial charge in [0.25, 0.3) is 0 Å². The minimum absolute atomic E-state index is 0. The molecule has 0 atom stereocenters. The monoisotopic (exact) mass is 831 g/mol. The Morgan fingerprint density at radius 1 is 0.391 bits per heavy atom. The van der Waals surface area contributed by atoms with E-state index in [4.69, 9.17) is 0 Å². The Bertz CT molecular complexity index is 3780. The van der Waals surface area contributed by atoms with E-state index >= 15 is 0 Å². The first-order valence-electron chi connectivity index (χ1n) is 21.8. The number of hydrogen-bond acceptors (Lipinski definition) is 1. The predicted octanol–water partition coefficient (Wildman–Crippen LogP) is 13.1. The van der Waals surface area contributed by atoms with Crippen molar-refractivity contribution >= 4 is 93.3 Å². The fourth-order valence-corrected chi connectivity index (χ4v) is 10.0. The summed E-state index contributed by atoms with van der Waals surface area (Å²) in [5, 5.41) is 10.3. The second-order valence-electron chi connectivity index (χ2n) is 17.2. The summed E-state index contributed by atoms with van der Waals surface area (Å²) in [4.78, 5) is 2.43. The van der Waals surface area contributed by atoms with Gasteiger partial charge in [0.05, 0.1) is 16.6 Å². The maximum Gasteiger partial charge on any atom is 1.00 e. The first kappa shape index (κ1) is 41.4. The molecule has 0 aliphatic carbocycles. The molecule has 4 aromatic heterocycles. The molecule has 13 rings (SSSR count). The summed E-state index contributed by atoms with van der Waals surface area (Å²) >= 11 is 0. The number of anilines is 3. The van der Waals surface area contributed by atoms with Crippen LogP contribution in [0.2, 0.25) is 0 Å². The largest absolute Gasteiger partial charge is 1.00 e. The zero-order valence-corrected chi connectivity index (χ0v) is 39.5. The minimum atomic E-state index is 0. The van der Waals surface area contributed by atoms with Crippen LogP contribution >= 0.6 is 0 Å². The van der Waals surface area contributed by atoms with Crippen LogP contribution in [0.1, 0.15) is 33.4 Å². The predicted molar refractivity (Wildman–Crippen MR) is 268 cm³/mol. The van der Waals surface area contributed by atoms with Gasteiger partial charge in [0.1, 0.15) is 0 Å². The van der Waals surface area contributed by atoms with Crippen molar-refractivity contribution in [1.82, 2.24) is 8.80 Å². The van der Waals surface area contributed by atoms with Crippen LogP contribution in [0, 0.1) is 59.7 Å². The van der Waals surface area contributed by atoms with Crippen molar-refractivity contribution in [3.63, 3.8) is 0 Å². The molecular weight excluding hydrogens is 786 g/mol. The van der Waals surface area contributed by atoms with E-state index in [9.17, 15) is 0 Å². The van der Waals surface area contributed by atoms with Crippen molar-refractivity contribution in [1.29, 1.82) is 0 Å².